The van der Waals surface area contributed by atoms with Gasteiger partial charge in [0.15, 0.2) is 0 Å². The normalized spacial score (nSPS) is 17.0. The number of hydrogen-bond donors (Lipinski definition) is 1. The van der Waals surface area contributed by atoms with E-state index in [0.29, 0.717) is 0 Å². The first kappa shape index (κ1) is 15.1. The molecule has 1 aromatic rings. The highest BCUT2D eigenvalue weighted by Gasteiger charge is 2.17. The van der Waals surface area contributed by atoms with Gasteiger partial charge in [-0.25, -0.2) is 4.98 Å². The second-order valence-electron chi connectivity index (χ2n) is 7.14. The van der Waals surface area contributed by atoms with Crippen LogP contribution in [0.5, 0.6) is 0 Å². The van der Waals surface area contributed by atoms with Crippen molar-refractivity contribution in [1.29, 1.82) is 0 Å². The highest BCUT2D eigenvalue weighted by molar-refractivity contribution is 5.47. The minimum absolute atomic E-state index is 0.0492. The SMILES string of the molecule is CN(CC1CCCCC1)c1cccc(NC(C)(C)C)n1. The van der Waals surface area contributed by atoms with Gasteiger partial charge in [0.2, 0.25) is 0 Å². The Morgan fingerprint density at radius 2 is 1.90 bits per heavy atom. The predicted molar refractivity (Wildman–Crippen MR) is 87.5 cm³/mol. The molecule has 0 aromatic carbocycles. The lowest BCUT2D eigenvalue weighted by Crippen LogP contribution is -2.29. The number of pyridine rings is 1. The van der Waals surface area contributed by atoms with E-state index in [9.17, 15) is 0 Å². The molecule has 1 aromatic heterocycles. The Morgan fingerprint density at radius 3 is 2.55 bits per heavy atom. The molecule has 112 valence electrons. The monoisotopic (exact) mass is 275 g/mol. The van der Waals surface area contributed by atoms with E-state index in [-0.39, 0.29) is 5.54 Å². The summed E-state index contributed by atoms with van der Waals surface area (Å²) >= 11 is 0. The number of nitrogens with one attached hydrogen (secondary N) is 1. The zero-order valence-corrected chi connectivity index (χ0v) is 13.4. The number of hydrogen-bond acceptors (Lipinski definition) is 3. The van der Waals surface area contributed by atoms with Crippen LogP contribution in [0.2, 0.25) is 0 Å². The second-order valence-corrected chi connectivity index (χ2v) is 7.14. The summed E-state index contributed by atoms with van der Waals surface area (Å²) in [6, 6.07) is 6.24. The molecule has 2 rings (SSSR count). The molecule has 0 radical (unpaired) electrons. The molecular formula is C17H29N3. The Bertz CT molecular complexity index is 416. The highest BCUT2D eigenvalue weighted by Crippen LogP contribution is 2.25. The van der Waals surface area contributed by atoms with Gasteiger partial charge in [-0.1, -0.05) is 25.3 Å². The lowest BCUT2D eigenvalue weighted by molar-refractivity contribution is 0.361. The minimum atomic E-state index is 0.0492. The van der Waals surface area contributed by atoms with Crippen molar-refractivity contribution in [3.05, 3.63) is 18.2 Å². The summed E-state index contributed by atoms with van der Waals surface area (Å²) < 4.78 is 0. The van der Waals surface area contributed by atoms with Gasteiger partial charge in [0, 0.05) is 19.1 Å². The summed E-state index contributed by atoms with van der Waals surface area (Å²) in [7, 11) is 2.16. The molecule has 0 saturated heterocycles. The van der Waals surface area contributed by atoms with E-state index in [2.05, 4.69) is 50.2 Å². The van der Waals surface area contributed by atoms with Crippen molar-refractivity contribution in [3.63, 3.8) is 0 Å². The average Bonchev–Trinajstić information content (AvgIpc) is 2.38. The number of aromatic nitrogens is 1. The summed E-state index contributed by atoms with van der Waals surface area (Å²) in [5.41, 5.74) is 0.0492. The van der Waals surface area contributed by atoms with E-state index in [1.807, 2.05) is 6.07 Å². The molecule has 1 heterocycles. The first-order valence-corrected chi connectivity index (χ1v) is 7.90. The van der Waals surface area contributed by atoms with E-state index in [1.165, 1.54) is 32.1 Å². The summed E-state index contributed by atoms with van der Waals surface area (Å²) in [5, 5.41) is 3.44. The maximum absolute atomic E-state index is 4.74. The molecule has 3 nitrogen and oxygen atoms in total. The third kappa shape index (κ3) is 4.69. The van der Waals surface area contributed by atoms with E-state index in [4.69, 9.17) is 4.98 Å². The zero-order valence-electron chi connectivity index (χ0n) is 13.4. The third-order valence-electron chi connectivity index (χ3n) is 3.89. The lowest BCUT2D eigenvalue weighted by Gasteiger charge is -2.28. The van der Waals surface area contributed by atoms with Crippen LogP contribution in [0.1, 0.15) is 52.9 Å². The van der Waals surface area contributed by atoms with E-state index >= 15 is 0 Å². The van der Waals surface area contributed by atoms with Gasteiger partial charge in [-0.2, -0.15) is 0 Å². The van der Waals surface area contributed by atoms with Gasteiger partial charge in [0.1, 0.15) is 11.6 Å². The Hall–Kier alpha value is -1.25. The Morgan fingerprint density at radius 1 is 1.20 bits per heavy atom. The van der Waals surface area contributed by atoms with Crippen molar-refractivity contribution in [3.8, 4) is 0 Å². The zero-order chi connectivity index (χ0) is 14.6. The summed E-state index contributed by atoms with van der Waals surface area (Å²) in [5.74, 6) is 2.88. The molecule has 1 fully saturated rings. The molecule has 0 amide bonds. The Balaban J connectivity index is 1.98. The maximum Gasteiger partial charge on any atom is 0.130 e. The molecule has 1 saturated carbocycles. The first-order chi connectivity index (χ1) is 9.44. The third-order valence-corrected chi connectivity index (χ3v) is 3.89. The van der Waals surface area contributed by atoms with Crippen LogP contribution < -0.4 is 10.2 Å². The fraction of sp³-hybridized carbons (Fsp3) is 0.706. The van der Waals surface area contributed by atoms with Crippen molar-refractivity contribution in [2.45, 2.75) is 58.4 Å². The fourth-order valence-electron chi connectivity index (χ4n) is 2.94. The van der Waals surface area contributed by atoms with Crippen molar-refractivity contribution in [1.82, 2.24) is 4.98 Å². The van der Waals surface area contributed by atoms with Crippen LogP contribution in [0, 0.1) is 5.92 Å². The molecular weight excluding hydrogens is 246 g/mol. The largest absolute Gasteiger partial charge is 0.365 e. The van der Waals surface area contributed by atoms with Crippen molar-refractivity contribution >= 4 is 11.6 Å². The molecule has 0 spiro atoms. The predicted octanol–water partition coefficient (Wildman–Crippen LogP) is 4.31. The summed E-state index contributed by atoms with van der Waals surface area (Å²) in [6.45, 7) is 7.61. The quantitative estimate of drug-likeness (QED) is 0.887. The van der Waals surface area contributed by atoms with Gasteiger partial charge in [0.25, 0.3) is 0 Å². The molecule has 1 aliphatic rings. The molecule has 0 atom stereocenters. The molecule has 0 aliphatic heterocycles. The first-order valence-electron chi connectivity index (χ1n) is 7.90. The van der Waals surface area contributed by atoms with E-state index in [0.717, 1.165) is 24.1 Å². The molecule has 0 bridgehead atoms. The fourth-order valence-corrected chi connectivity index (χ4v) is 2.94. The molecule has 1 N–H and O–H groups in total. The van der Waals surface area contributed by atoms with E-state index in [1.54, 1.807) is 0 Å². The Labute approximate surface area is 123 Å². The number of rotatable bonds is 4. The highest BCUT2D eigenvalue weighted by atomic mass is 15.2. The smallest absolute Gasteiger partial charge is 0.130 e. The van der Waals surface area contributed by atoms with Crippen molar-refractivity contribution in [2.75, 3.05) is 23.8 Å². The van der Waals surface area contributed by atoms with Gasteiger partial charge in [-0.3, -0.25) is 0 Å². The van der Waals surface area contributed by atoms with Gasteiger partial charge < -0.3 is 10.2 Å². The number of nitrogens with zero attached hydrogens (tertiary/aromatic N) is 2. The van der Waals surface area contributed by atoms with Crippen LogP contribution in [0.3, 0.4) is 0 Å². The summed E-state index contributed by atoms with van der Waals surface area (Å²) in [4.78, 5) is 7.05. The van der Waals surface area contributed by atoms with Crippen LogP contribution in [0.25, 0.3) is 0 Å². The lowest BCUT2D eigenvalue weighted by atomic mass is 9.89. The van der Waals surface area contributed by atoms with Crippen LogP contribution in [-0.2, 0) is 0 Å². The van der Waals surface area contributed by atoms with Gasteiger partial charge in [-0.05, 0) is 51.7 Å². The van der Waals surface area contributed by atoms with Crippen molar-refractivity contribution in [2.24, 2.45) is 5.92 Å². The average molecular weight is 275 g/mol. The molecule has 3 heteroatoms. The second kappa shape index (κ2) is 6.47. The van der Waals surface area contributed by atoms with Gasteiger partial charge in [-0.15, -0.1) is 0 Å². The Kier molecular flexibility index (Phi) is 4.90. The van der Waals surface area contributed by atoms with Crippen LogP contribution in [0.4, 0.5) is 11.6 Å². The van der Waals surface area contributed by atoms with Crippen LogP contribution in [-0.4, -0.2) is 24.1 Å². The minimum Gasteiger partial charge on any atom is -0.365 e. The number of anilines is 2. The van der Waals surface area contributed by atoms with E-state index < -0.39 is 0 Å². The van der Waals surface area contributed by atoms with Gasteiger partial charge in [0.05, 0.1) is 0 Å². The van der Waals surface area contributed by atoms with Crippen LogP contribution >= 0.6 is 0 Å². The maximum atomic E-state index is 4.74. The topological polar surface area (TPSA) is 28.2 Å². The molecule has 0 unspecified atom stereocenters. The standard InChI is InChI=1S/C17H29N3/c1-17(2,3)19-15-11-8-12-16(18-15)20(4)13-14-9-6-5-7-10-14/h8,11-12,14H,5-7,9-10,13H2,1-4H3,(H,18,19). The van der Waals surface area contributed by atoms with Gasteiger partial charge >= 0.3 is 0 Å². The van der Waals surface area contributed by atoms with Crippen LogP contribution in [0.15, 0.2) is 18.2 Å². The molecule has 1 aliphatic carbocycles. The van der Waals surface area contributed by atoms with Crippen molar-refractivity contribution < 1.29 is 0 Å². The summed E-state index contributed by atoms with van der Waals surface area (Å²) in [6.07, 6.45) is 6.98. The molecule has 20 heavy (non-hydrogen) atoms.